The van der Waals surface area contributed by atoms with Gasteiger partial charge in [-0.2, -0.15) is 0 Å². The van der Waals surface area contributed by atoms with Crippen LogP contribution in [0.4, 0.5) is 0 Å². The highest BCUT2D eigenvalue weighted by Crippen LogP contribution is 2.08. The number of hydrogen-bond donors (Lipinski definition) is 1. The third kappa shape index (κ3) is 3.90. The van der Waals surface area contributed by atoms with E-state index >= 15 is 0 Å². The highest BCUT2D eigenvalue weighted by molar-refractivity contribution is 5.15. The van der Waals surface area contributed by atoms with Crippen molar-refractivity contribution < 1.29 is 9.84 Å². The van der Waals surface area contributed by atoms with Crippen molar-refractivity contribution in [2.45, 2.75) is 13.3 Å². The first-order valence-corrected chi connectivity index (χ1v) is 5.09. The summed E-state index contributed by atoms with van der Waals surface area (Å²) >= 11 is 0. The molecule has 0 aliphatic heterocycles. The van der Waals surface area contributed by atoms with Gasteiger partial charge in [-0.05, 0) is 18.9 Å². The Hall–Kier alpha value is -0.860. The molecule has 2 nitrogen and oxygen atoms in total. The smallest absolute Gasteiger partial charge is 0.0519 e. The normalized spacial score (nSPS) is 12.7. The lowest BCUT2D eigenvalue weighted by Crippen LogP contribution is -2.16. The van der Waals surface area contributed by atoms with E-state index in [1.54, 1.807) is 0 Å². The summed E-state index contributed by atoms with van der Waals surface area (Å²) in [6, 6.07) is 10.2. The Morgan fingerprint density at radius 1 is 1.29 bits per heavy atom. The molecule has 0 amide bonds. The first-order chi connectivity index (χ1) is 6.86. The van der Waals surface area contributed by atoms with Gasteiger partial charge in [-0.1, -0.05) is 30.3 Å². The zero-order chi connectivity index (χ0) is 10.2. The molecule has 0 radical (unpaired) electrons. The first-order valence-electron chi connectivity index (χ1n) is 5.09. The summed E-state index contributed by atoms with van der Waals surface area (Å²) in [5.41, 5.74) is 1.26. The maximum absolute atomic E-state index is 9.13. The van der Waals surface area contributed by atoms with Crippen LogP contribution in [0.25, 0.3) is 0 Å². The average Bonchev–Trinajstić information content (AvgIpc) is 2.25. The van der Waals surface area contributed by atoms with Crippen LogP contribution >= 0.6 is 0 Å². The molecule has 14 heavy (non-hydrogen) atoms. The van der Waals surface area contributed by atoms with Crippen LogP contribution in [0, 0.1) is 5.92 Å². The van der Waals surface area contributed by atoms with Gasteiger partial charge in [-0.25, -0.2) is 0 Å². The average molecular weight is 194 g/mol. The SMILES string of the molecule is CCOCC(CO)Cc1ccccc1. The lowest BCUT2D eigenvalue weighted by Gasteiger charge is -2.13. The van der Waals surface area contributed by atoms with E-state index in [0.717, 1.165) is 6.42 Å². The molecule has 1 rings (SSSR count). The molecule has 0 bridgehead atoms. The maximum atomic E-state index is 9.13. The summed E-state index contributed by atoms with van der Waals surface area (Å²) in [5.74, 6) is 0.220. The van der Waals surface area contributed by atoms with E-state index in [1.807, 2.05) is 25.1 Å². The van der Waals surface area contributed by atoms with E-state index in [-0.39, 0.29) is 12.5 Å². The van der Waals surface area contributed by atoms with Crippen LogP contribution in [0.5, 0.6) is 0 Å². The zero-order valence-corrected chi connectivity index (χ0v) is 8.65. The van der Waals surface area contributed by atoms with Crippen LogP contribution in [-0.4, -0.2) is 24.9 Å². The minimum absolute atomic E-state index is 0.189. The number of benzene rings is 1. The van der Waals surface area contributed by atoms with Crippen molar-refractivity contribution in [2.24, 2.45) is 5.92 Å². The molecule has 2 heteroatoms. The van der Waals surface area contributed by atoms with Crippen molar-refractivity contribution in [1.82, 2.24) is 0 Å². The van der Waals surface area contributed by atoms with Gasteiger partial charge in [0.05, 0.1) is 6.61 Å². The predicted octanol–water partition coefficient (Wildman–Crippen LogP) is 1.87. The largest absolute Gasteiger partial charge is 0.396 e. The Balaban J connectivity index is 2.40. The number of ether oxygens (including phenoxy) is 1. The molecule has 0 heterocycles. The molecule has 0 fully saturated rings. The van der Waals surface area contributed by atoms with Crippen molar-refractivity contribution in [1.29, 1.82) is 0 Å². The second-order valence-electron chi connectivity index (χ2n) is 3.40. The number of rotatable bonds is 6. The maximum Gasteiger partial charge on any atom is 0.0519 e. The van der Waals surface area contributed by atoms with Crippen LogP contribution in [0.2, 0.25) is 0 Å². The van der Waals surface area contributed by atoms with Gasteiger partial charge in [-0.15, -0.1) is 0 Å². The second kappa shape index (κ2) is 6.57. The molecule has 0 saturated heterocycles. The molecule has 1 unspecified atom stereocenters. The highest BCUT2D eigenvalue weighted by atomic mass is 16.5. The first kappa shape index (κ1) is 11.2. The highest BCUT2D eigenvalue weighted by Gasteiger charge is 2.07. The molecule has 1 aromatic rings. The van der Waals surface area contributed by atoms with E-state index in [4.69, 9.17) is 9.84 Å². The Kier molecular flexibility index (Phi) is 5.27. The van der Waals surface area contributed by atoms with Crippen LogP contribution in [0.15, 0.2) is 30.3 Å². The van der Waals surface area contributed by atoms with Crippen molar-refractivity contribution >= 4 is 0 Å². The van der Waals surface area contributed by atoms with Crippen LogP contribution in [-0.2, 0) is 11.2 Å². The standard InChI is InChI=1S/C12H18O2/c1-2-14-10-12(9-13)8-11-6-4-3-5-7-11/h3-7,12-13H,2,8-10H2,1H3. The summed E-state index contributed by atoms with van der Waals surface area (Å²) in [6.07, 6.45) is 0.886. The van der Waals surface area contributed by atoms with Crippen LogP contribution < -0.4 is 0 Å². The summed E-state index contributed by atoms with van der Waals surface area (Å²) in [4.78, 5) is 0. The molecule has 0 aliphatic rings. The molecular formula is C12H18O2. The van der Waals surface area contributed by atoms with Crippen LogP contribution in [0.3, 0.4) is 0 Å². The van der Waals surface area contributed by atoms with Gasteiger partial charge in [-0.3, -0.25) is 0 Å². The summed E-state index contributed by atoms with van der Waals surface area (Å²) in [5, 5.41) is 9.13. The van der Waals surface area contributed by atoms with Crippen molar-refractivity contribution in [2.75, 3.05) is 19.8 Å². The minimum atomic E-state index is 0.189. The minimum Gasteiger partial charge on any atom is -0.396 e. The predicted molar refractivity (Wildman–Crippen MR) is 57.2 cm³/mol. The van der Waals surface area contributed by atoms with E-state index in [9.17, 15) is 0 Å². The zero-order valence-electron chi connectivity index (χ0n) is 8.65. The van der Waals surface area contributed by atoms with Gasteiger partial charge in [0.2, 0.25) is 0 Å². The van der Waals surface area contributed by atoms with Gasteiger partial charge in [0.1, 0.15) is 0 Å². The molecular weight excluding hydrogens is 176 g/mol. The van der Waals surface area contributed by atoms with E-state index < -0.39 is 0 Å². The Bertz CT molecular complexity index is 233. The molecule has 0 aromatic heterocycles. The molecule has 78 valence electrons. The van der Waals surface area contributed by atoms with Gasteiger partial charge >= 0.3 is 0 Å². The molecule has 0 saturated carbocycles. The second-order valence-corrected chi connectivity index (χ2v) is 3.40. The summed E-state index contributed by atoms with van der Waals surface area (Å²) < 4.78 is 5.30. The molecule has 1 atom stereocenters. The van der Waals surface area contributed by atoms with Gasteiger partial charge < -0.3 is 9.84 Å². The summed E-state index contributed by atoms with van der Waals surface area (Å²) in [7, 11) is 0. The lowest BCUT2D eigenvalue weighted by molar-refractivity contribution is 0.0810. The van der Waals surface area contributed by atoms with E-state index in [1.165, 1.54) is 5.56 Å². The summed E-state index contributed by atoms with van der Waals surface area (Å²) in [6.45, 7) is 3.51. The third-order valence-corrected chi connectivity index (χ3v) is 2.18. The van der Waals surface area contributed by atoms with Crippen molar-refractivity contribution in [3.63, 3.8) is 0 Å². The van der Waals surface area contributed by atoms with Gasteiger partial charge in [0, 0.05) is 19.1 Å². The fraction of sp³-hybridized carbons (Fsp3) is 0.500. The molecule has 1 N–H and O–H groups in total. The molecule has 1 aromatic carbocycles. The number of aliphatic hydroxyl groups is 1. The van der Waals surface area contributed by atoms with Gasteiger partial charge in [0.25, 0.3) is 0 Å². The molecule has 0 aliphatic carbocycles. The van der Waals surface area contributed by atoms with Crippen LogP contribution in [0.1, 0.15) is 12.5 Å². The third-order valence-electron chi connectivity index (χ3n) is 2.18. The Morgan fingerprint density at radius 2 is 2.00 bits per heavy atom. The van der Waals surface area contributed by atoms with Crippen molar-refractivity contribution in [3.05, 3.63) is 35.9 Å². The van der Waals surface area contributed by atoms with Crippen molar-refractivity contribution in [3.8, 4) is 0 Å². The lowest BCUT2D eigenvalue weighted by atomic mass is 10.0. The Labute approximate surface area is 85.5 Å². The van der Waals surface area contributed by atoms with E-state index in [2.05, 4.69) is 12.1 Å². The number of aliphatic hydroxyl groups excluding tert-OH is 1. The number of hydrogen-bond acceptors (Lipinski definition) is 2. The van der Waals surface area contributed by atoms with E-state index in [0.29, 0.717) is 13.2 Å². The van der Waals surface area contributed by atoms with Gasteiger partial charge in [0.15, 0.2) is 0 Å². The Morgan fingerprint density at radius 3 is 2.57 bits per heavy atom. The fourth-order valence-corrected chi connectivity index (χ4v) is 1.41. The quantitative estimate of drug-likeness (QED) is 0.749. The monoisotopic (exact) mass is 194 g/mol. The molecule has 0 spiro atoms. The topological polar surface area (TPSA) is 29.5 Å². The fourth-order valence-electron chi connectivity index (χ4n) is 1.41.